The van der Waals surface area contributed by atoms with E-state index in [9.17, 15) is 14.7 Å². The van der Waals surface area contributed by atoms with Crippen LogP contribution in [-0.2, 0) is 6.42 Å². The van der Waals surface area contributed by atoms with Crippen molar-refractivity contribution in [3.8, 4) is 22.0 Å². The van der Waals surface area contributed by atoms with Gasteiger partial charge in [-0.2, -0.15) is 0 Å². The smallest absolute Gasteiger partial charge is 0.341 e. The number of halogens is 1. The zero-order valence-corrected chi connectivity index (χ0v) is 17.9. The normalized spacial score (nSPS) is 15.7. The van der Waals surface area contributed by atoms with Crippen molar-refractivity contribution in [3.05, 3.63) is 63.1 Å². The first-order valence-electron chi connectivity index (χ1n) is 9.81. The molecule has 8 heteroatoms. The molecule has 3 aromatic heterocycles. The number of thiazole rings is 1. The Bertz CT molecular complexity index is 1410. The monoisotopic (exact) mass is 438 g/mol. The van der Waals surface area contributed by atoms with Gasteiger partial charge in [0.05, 0.1) is 5.56 Å². The number of nitrogens with zero attached hydrogens (tertiary/aromatic N) is 2. The fourth-order valence-electron chi connectivity index (χ4n) is 4.32. The fraction of sp³-hybridized carbons (Fsp3) is 0.261. The summed E-state index contributed by atoms with van der Waals surface area (Å²) in [5.74, 6) is -2.29. The number of pyridine rings is 1. The molecule has 0 radical (unpaired) electrons. The molecule has 1 aliphatic rings. The highest BCUT2D eigenvalue weighted by Crippen LogP contribution is 2.48. The lowest BCUT2D eigenvalue weighted by atomic mass is 9.79. The second-order valence-corrected chi connectivity index (χ2v) is 9.66. The zero-order valence-electron chi connectivity index (χ0n) is 17.1. The molecule has 0 spiro atoms. The summed E-state index contributed by atoms with van der Waals surface area (Å²) in [6.45, 7) is 6.02. The number of carboxylic acids is 1. The van der Waals surface area contributed by atoms with Crippen molar-refractivity contribution in [1.29, 1.82) is 0 Å². The molecule has 0 amide bonds. The molecule has 1 atom stereocenters. The Labute approximate surface area is 180 Å². The van der Waals surface area contributed by atoms with Gasteiger partial charge in [-0.15, -0.1) is 11.3 Å². The summed E-state index contributed by atoms with van der Waals surface area (Å²) in [5.41, 5.74) is 0.134. The van der Waals surface area contributed by atoms with E-state index in [4.69, 9.17) is 4.42 Å². The van der Waals surface area contributed by atoms with Crippen LogP contribution in [0.15, 0.2) is 45.2 Å². The number of carboxylic acid groups (broad SMARTS) is 1. The van der Waals surface area contributed by atoms with Crippen LogP contribution in [0.3, 0.4) is 0 Å². The second kappa shape index (κ2) is 6.62. The first-order valence-corrected chi connectivity index (χ1v) is 10.7. The first kappa shape index (κ1) is 19.7. The minimum Gasteiger partial charge on any atom is -0.477 e. The maximum absolute atomic E-state index is 15.4. The van der Waals surface area contributed by atoms with E-state index in [-0.39, 0.29) is 22.9 Å². The minimum atomic E-state index is -1.45. The van der Waals surface area contributed by atoms with Crippen LogP contribution in [0.2, 0.25) is 0 Å². The Morgan fingerprint density at radius 2 is 2.13 bits per heavy atom. The van der Waals surface area contributed by atoms with Gasteiger partial charge in [0.25, 0.3) is 0 Å². The van der Waals surface area contributed by atoms with Crippen LogP contribution in [-0.4, -0.2) is 20.6 Å². The van der Waals surface area contributed by atoms with Crippen LogP contribution in [0.4, 0.5) is 4.39 Å². The van der Waals surface area contributed by atoms with E-state index in [2.05, 4.69) is 4.98 Å². The number of furan rings is 1. The van der Waals surface area contributed by atoms with E-state index in [0.29, 0.717) is 12.0 Å². The lowest BCUT2D eigenvalue weighted by molar-refractivity contribution is 0.0692. The summed E-state index contributed by atoms with van der Waals surface area (Å²) in [4.78, 5) is 28.4. The van der Waals surface area contributed by atoms with E-state index >= 15 is 4.39 Å². The Kier molecular flexibility index (Phi) is 4.20. The molecule has 0 bridgehead atoms. The molecule has 31 heavy (non-hydrogen) atoms. The molecular weight excluding hydrogens is 419 g/mol. The zero-order chi connectivity index (χ0) is 22.1. The topological polar surface area (TPSA) is 85.3 Å². The lowest BCUT2D eigenvalue weighted by Crippen LogP contribution is -2.34. The average Bonchev–Trinajstić information content (AvgIpc) is 3.36. The molecule has 0 aliphatic carbocycles. The third kappa shape index (κ3) is 2.85. The molecule has 0 unspecified atom stereocenters. The Morgan fingerprint density at radius 3 is 2.77 bits per heavy atom. The van der Waals surface area contributed by atoms with Crippen molar-refractivity contribution in [2.24, 2.45) is 5.41 Å². The SMILES string of the molecule is CC(C)(C)[C@@H]1Cc2c(oc3c(-c4nccs4)cccc23)-c2c(F)c(=O)c(C(=O)O)cn21. The second-order valence-electron chi connectivity index (χ2n) is 8.76. The number of para-hydroxylation sites is 1. The minimum absolute atomic E-state index is 0.00235. The van der Waals surface area contributed by atoms with Gasteiger partial charge in [-0.3, -0.25) is 4.79 Å². The number of hydrogen-bond donors (Lipinski definition) is 1. The quantitative estimate of drug-likeness (QED) is 0.455. The number of rotatable bonds is 2. The van der Waals surface area contributed by atoms with Gasteiger partial charge in [-0.25, -0.2) is 14.2 Å². The predicted molar refractivity (Wildman–Crippen MR) is 116 cm³/mol. The van der Waals surface area contributed by atoms with Crippen molar-refractivity contribution in [2.75, 3.05) is 0 Å². The molecule has 1 aliphatic heterocycles. The van der Waals surface area contributed by atoms with Crippen LogP contribution < -0.4 is 5.43 Å². The van der Waals surface area contributed by atoms with Crippen LogP contribution in [0.5, 0.6) is 0 Å². The highest BCUT2D eigenvalue weighted by atomic mass is 32.1. The third-order valence-corrected chi connectivity index (χ3v) is 6.64. The summed E-state index contributed by atoms with van der Waals surface area (Å²) in [6.07, 6.45) is 3.47. The number of carbonyl (C=O) groups is 1. The van der Waals surface area contributed by atoms with Gasteiger partial charge in [0.2, 0.25) is 5.43 Å². The predicted octanol–water partition coefficient (Wildman–Crippen LogP) is 5.37. The maximum Gasteiger partial charge on any atom is 0.341 e. The molecule has 0 saturated carbocycles. The molecule has 158 valence electrons. The van der Waals surface area contributed by atoms with Crippen LogP contribution >= 0.6 is 11.3 Å². The van der Waals surface area contributed by atoms with Gasteiger partial charge in [-0.05, 0) is 17.9 Å². The highest BCUT2D eigenvalue weighted by Gasteiger charge is 2.39. The molecule has 0 fully saturated rings. The van der Waals surface area contributed by atoms with Crippen molar-refractivity contribution in [2.45, 2.75) is 33.2 Å². The number of hydrogen-bond acceptors (Lipinski definition) is 5. The number of benzene rings is 1. The largest absolute Gasteiger partial charge is 0.477 e. The first-order chi connectivity index (χ1) is 14.7. The molecule has 1 N–H and O–H groups in total. The molecule has 6 nitrogen and oxygen atoms in total. The standard InChI is InChI=1S/C23H19FN2O4S/c1-23(2,3)15-9-13-11-5-4-6-12(21-25-7-8-31-21)19(11)30-20(13)17-16(24)18(27)14(22(28)29)10-26(15)17/h4-8,10,15H,9H2,1-3H3,(H,28,29)/t15-/m0/s1. The fourth-order valence-corrected chi connectivity index (χ4v) is 4.98. The molecule has 4 aromatic rings. The lowest BCUT2D eigenvalue weighted by Gasteiger charge is -2.37. The number of aromatic carboxylic acids is 1. The van der Waals surface area contributed by atoms with E-state index < -0.39 is 22.8 Å². The van der Waals surface area contributed by atoms with E-state index in [1.165, 1.54) is 17.5 Å². The Morgan fingerprint density at radius 1 is 1.35 bits per heavy atom. The average molecular weight is 438 g/mol. The van der Waals surface area contributed by atoms with Crippen LogP contribution in [0.1, 0.15) is 42.7 Å². The number of fused-ring (bicyclic) bond motifs is 5. The van der Waals surface area contributed by atoms with E-state index in [1.54, 1.807) is 10.8 Å². The van der Waals surface area contributed by atoms with Crippen molar-refractivity contribution in [3.63, 3.8) is 0 Å². The van der Waals surface area contributed by atoms with Gasteiger partial charge in [0.1, 0.15) is 21.8 Å². The van der Waals surface area contributed by atoms with Crippen molar-refractivity contribution < 1.29 is 18.7 Å². The van der Waals surface area contributed by atoms with Gasteiger partial charge in [-0.1, -0.05) is 32.9 Å². The van der Waals surface area contributed by atoms with E-state index in [0.717, 1.165) is 21.5 Å². The Balaban J connectivity index is 1.88. The van der Waals surface area contributed by atoms with Gasteiger partial charge in [0, 0.05) is 34.8 Å². The summed E-state index contributed by atoms with van der Waals surface area (Å²) in [5, 5.41) is 12.9. The van der Waals surface area contributed by atoms with Crippen LogP contribution in [0, 0.1) is 11.2 Å². The summed E-state index contributed by atoms with van der Waals surface area (Å²) in [7, 11) is 0. The highest BCUT2D eigenvalue weighted by molar-refractivity contribution is 7.13. The molecule has 5 rings (SSSR count). The summed E-state index contributed by atoms with van der Waals surface area (Å²) in [6, 6.07) is 5.46. The van der Waals surface area contributed by atoms with Gasteiger partial charge >= 0.3 is 5.97 Å². The maximum atomic E-state index is 15.4. The number of aromatic nitrogens is 2. The third-order valence-electron chi connectivity index (χ3n) is 5.84. The molecule has 1 aromatic carbocycles. The summed E-state index contributed by atoms with van der Waals surface area (Å²) < 4.78 is 23.1. The van der Waals surface area contributed by atoms with Gasteiger partial charge in [0.15, 0.2) is 11.6 Å². The molecule has 0 saturated heterocycles. The Hall–Kier alpha value is -3.26. The van der Waals surface area contributed by atoms with Crippen molar-refractivity contribution in [1.82, 2.24) is 9.55 Å². The van der Waals surface area contributed by atoms with Gasteiger partial charge < -0.3 is 14.1 Å². The van der Waals surface area contributed by atoms with E-state index in [1.807, 2.05) is 44.4 Å². The molecular formula is C23H19FN2O4S. The molecule has 4 heterocycles. The van der Waals surface area contributed by atoms with Crippen LogP contribution in [0.25, 0.3) is 33.0 Å². The van der Waals surface area contributed by atoms with Crippen molar-refractivity contribution >= 4 is 28.3 Å². The summed E-state index contributed by atoms with van der Waals surface area (Å²) >= 11 is 1.47.